The van der Waals surface area contributed by atoms with Crippen LogP contribution in [-0.4, -0.2) is 5.71 Å². The van der Waals surface area contributed by atoms with E-state index >= 15 is 0 Å². The van der Waals surface area contributed by atoms with Gasteiger partial charge in [-0.15, -0.1) is 0 Å². The maximum atomic E-state index is 5.06. The number of rotatable bonds is 2. The van der Waals surface area contributed by atoms with Gasteiger partial charge in [0.2, 0.25) is 0 Å². The Labute approximate surface area is 62.8 Å². The summed E-state index contributed by atoms with van der Waals surface area (Å²) in [5, 5.41) is 3.55. The second kappa shape index (κ2) is 4.09. The molecule has 0 amide bonds. The van der Waals surface area contributed by atoms with Crippen LogP contribution in [0.4, 0.5) is 0 Å². The first-order valence-electron chi connectivity index (χ1n) is 3.50. The van der Waals surface area contributed by atoms with Gasteiger partial charge in [-0.1, -0.05) is 19.4 Å². The SMILES string of the molecule is CC(/C=C(\C)C(C)C)=N/N. The van der Waals surface area contributed by atoms with Gasteiger partial charge in [-0.25, -0.2) is 0 Å². The molecule has 0 heterocycles. The molecule has 0 aromatic carbocycles. The van der Waals surface area contributed by atoms with Crippen molar-refractivity contribution >= 4 is 5.71 Å². The Hall–Kier alpha value is -0.790. The molecule has 0 fully saturated rings. The third-order valence-electron chi connectivity index (χ3n) is 1.55. The lowest BCUT2D eigenvalue weighted by atomic mass is 10.0. The van der Waals surface area contributed by atoms with Crippen LogP contribution in [0.1, 0.15) is 27.7 Å². The van der Waals surface area contributed by atoms with Gasteiger partial charge in [-0.3, -0.25) is 0 Å². The van der Waals surface area contributed by atoms with E-state index < -0.39 is 0 Å². The first kappa shape index (κ1) is 9.21. The van der Waals surface area contributed by atoms with Crippen molar-refractivity contribution in [2.45, 2.75) is 27.7 Å². The van der Waals surface area contributed by atoms with Gasteiger partial charge in [0, 0.05) is 0 Å². The number of nitrogens with zero attached hydrogens (tertiary/aromatic N) is 1. The molecular weight excluding hydrogens is 124 g/mol. The highest BCUT2D eigenvalue weighted by atomic mass is 15.1. The minimum atomic E-state index is 0.580. The van der Waals surface area contributed by atoms with Crippen molar-refractivity contribution in [3.8, 4) is 0 Å². The van der Waals surface area contributed by atoms with Gasteiger partial charge < -0.3 is 5.84 Å². The van der Waals surface area contributed by atoms with Crippen LogP contribution in [0, 0.1) is 5.92 Å². The van der Waals surface area contributed by atoms with Crippen molar-refractivity contribution in [2.24, 2.45) is 16.9 Å². The summed E-state index contributed by atoms with van der Waals surface area (Å²) >= 11 is 0. The highest BCUT2D eigenvalue weighted by Crippen LogP contribution is 2.07. The Kier molecular flexibility index (Phi) is 3.77. The molecule has 0 aliphatic carbocycles. The van der Waals surface area contributed by atoms with Gasteiger partial charge in [0.1, 0.15) is 0 Å². The van der Waals surface area contributed by atoms with Crippen LogP contribution in [-0.2, 0) is 0 Å². The minimum Gasteiger partial charge on any atom is -0.323 e. The van der Waals surface area contributed by atoms with Gasteiger partial charge in [0.25, 0.3) is 0 Å². The summed E-state index contributed by atoms with van der Waals surface area (Å²) in [6.45, 7) is 8.27. The Morgan fingerprint density at radius 3 is 2.20 bits per heavy atom. The molecule has 0 aliphatic heterocycles. The van der Waals surface area contributed by atoms with Crippen LogP contribution in [0.25, 0.3) is 0 Å². The van der Waals surface area contributed by atoms with Gasteiger partial charge in [0.05, 0.1) is 5.71 Å². The van der Waals surface area contributed by atoms with Crippen molar-refractivity contribution in [3.05, 3.63) is 11.6 Å². The van der Waals surface area contributed by atoms with E-state index in [1.807, 2.05) is 13.0 Å². The molecule has 10 heavy (non-hydrogen) atoms. The van der Waals surface area contributed by atoms with E-state index in [0.717, 1.165) is 5.71 Å². The average molecular weight is 140 g/mol. The summed E-state index contributed by atoms with van der Waals surface area (Å²) in [4.78, 5) is 0. The topological polar surface area (TPSA) is 38.4 Å². The third-order valence-corrected chi connectivity index (χ3v) is 1.55. The van der Waals surface area contributed by atoms with Gasteiger partial charge in [0.15, 0.2) is 0 Å². The standard InChI is InChI=1S/C8H16N2/c1-6(2)7(3)5-8(4)10-9/h5-6H,9H2,1-4H3/b7-5+,10-8-. The number of hydrazone groups is 1. The van der Waals surface area contributed by atoms with Crippen molar-refractivity contribution < 1.29 is 0 Å². The Morgan fingerprint density at radius 1 is 1.40 bits per heavy atom. The van der Waals surface area contributed by atoms with Crippen molar-refractivity contribution in [2.75, 3.05) is 0 Å². The maximum Gasteiger partial charge on any atom is 0.0569 e. The first-order valence-corrected chi connectivity index (χ1v) is 3.50. The normalized spacial score (nSPS) is 14.5. The molecule has 58 valence electrons. The second-order valence-electron chi connectivity index (χ2n) is 2.81. The van der Waals surface area contributed by atoms with Crippen LogP contribution in [0.3, 0.4) is 0 Å². The Morgan fingerprint density at radius 2 is 1.90 bits per heavy atom. The fourth-order valence-electron chi connectivity index (χ4n) is 0.533. The van der Waals surface area contributed by atoms with Crippen LogP contribution in [0.15, 0.2) is 16.8 Å². The zero-order valence-electron chi connectivity index (χ0n) is 7.18. The summed E-state index contributed by atoms with van der Waals surface area (Å²) in [6.07, 6.45) is 2.00. The quantitative estimate of drug-likeness (QED) is 0.355. The number of nitrogens with two attached hydrogens (primary N) is 1. The van der Waals surface area contributed by atoms with Gasteiger partial charge in [-0.2, -0.15) is 5.10 Å². The predicted octanol–water partition coefficient (Wildman–Crippen LogP) is 1.92. The van der Waals surface area contributed by atoms with E-state index in [1.165, 1.54) is 5.57 Å². The Balaban J connectivity index is 4.17. The molecule has 0 saturated carbocycles. The molecule has 0 rings (SSSR count). The largest absolute Gasteiger partial charge is 0.323 e. The smallest absolute Gasteiger partial charge is 0.0569 e. The molecule has 0 aromatic heterocycles. The van der Waals surface area contributed by atoms with E-state index in [2.05, 4.69) is 25.9 Å². The molecule has 0 aliphatic rings. The molecule has 0 unspecified atom stereocenters. The molecule has 0 spiro atoms. The fourth-order valence-corrected chi connectivity index (χ4v) is 0.533. The van der Waals surface area contributed by atoms with Crippen molar-refractivity contribution in [1.82, 2.24) is 0 Å². The van der Waals surface area contributed by atoms with E-state index in [-0.39, 0.29) is 0 Å². The predicted molar refractivity (Wildman–Crippen MR) is 45.9 cm³/mol. The fraction of sp³-hybridized carbons (Fsp3) is 0.625. The third kappa shape index (κ3) is 3.28. The molecule has 2 heteroatoms. The second-order valence-corrected chi connectivity index (χ2v) is 2.81. The molecular formula is C8H16N2. The molecule has 2 N–H and O–H groups in total. The number of allylic oxidation sites excluding steroid dienone is 2. The van der Waals surface area contributed by atoms with E-state index in [1.54, 1.807) is 0 Å². The lowest BCUT2D eigenvalue weighted by molar-refractivity contribution is 0.770. The summed E-state index contributed by atoms with van der Waals surface area (Å²) < 4.78 is 0. The zero-order chi connectivity index (χ0) is 8.15. The minimum absolute atomic E-state index is 0.580. The summed E-state index contributed by atoms with van der Waals surface area (Å²) in [5.41, 5.74) is 2.19. The van der Waals surface area contributed by atoms with E-state index in [0.29, 0.717) is 5.92 Å². The molecule has 0 radical (unpaired) electrons. The summed E-state index contributed by atoms with van der Waals surface area (Å²) in [7, 11) is 0. The first-order chi connectivity index (χ1) is 4.57. The summed E-state index contributed by atoms with van der Waals surface area (Å²) in [6, 6.07) is 0. The van der Waals surface area contributed by atoms with Crippen molar-refractivity contribution in [3.63, 3.8) is 0 Å². The van der Waals surface area contributed by atoms with Crippen LogP contribution < -0.4 is 5.84 Å². The molecule has 2 nitrogen and oxygen atoms in total. The number of hydrogen-bond acceptors (Lipinski definition) is 2. The highest BCUT2D eigenvalue weighted by Gasteiger charge is 1.95. The Bertz CT molecular complexity index is 155. The van der Waals surface area contributed by atoms with Crippen LogP contribution in [0.5, 0.6) is 0 Å². The maximum absolute atomic E-state index is 5.06. The lowest BCUT2D eigenvalue weighted by Crippen LogP contribution is -1.96. The molecule has 0 saturated heterocycles. The van der Waals surface area contributed by atoms with E-state index in [4.69, 9.17) is 5.84 Å². The average Bonchev–Trinajstić information content (AvgIpc) is 1.87. The lowest BCUT2D eigenvalue weighted by Gasteiger charge is -2.03. The number of hydrogen-bond donors (Lipinski definition) is 1. The molecule has 0 bridgehead atoms. The molecule has 0 atom stereocenters. The molecule has 0 aromatic rings. The monoisotopic (exact) mass is 140 g/mol. The summed E-state index contributed by atoms with van der Waals surface area (Å²) in [5.74, 6) is 5.64. The van der Waals surface area contributed by atoms with Gasteiger partial charge >= 0.3 is 0 Å². The van der Waals surface area contributed by atoms with Crippen molar-refractivity contribution in [1.29, 1.82) is 0 Å². The van der Waals surface area contributed by atoms with E-state index in [9.17, 15) is 0 Å². The van der Waals surface area contributed by atoms with Gasteiger partial charge in [-0.05, 0) is 25.8 Å². The zero-order valence-corrected chi connectivity index (χ0v) is 7.18. The van der Waals surface area contributed by atoms with Crippen LogP contribution in [0.2, 0.25) is 0 Å². The van der Waals surface area contributed by atoms with Crippen LogP contribution >= 0.6 is 0 Å². The highest BCUT2D eigenvalue weighted by molar-refractivity contribution is 5.93.